The van der Waals surface area contributed by atoms with Crippen LogP contribution in [0.3, 0.4) is 0 Å². The number of carbonyl (C=O) groups excluding carboxylic acids is 3. The number of benzene rings is 3. The Hall–Kier alpha value is -4.34. The highest BCUT2D eigenvalue weighted by molar-refractivity contribution is 6.08. The molecule has 0 heterocycles. The van der Waals surface area contributed by atoms with Gasteiger partial charge in [0.2, 0.25) is 0 Å². The number of nitrogens with one attached hydrogen (secondary N) is 2. The quantitative estimate of drug-likeness (QED) is 0.504. The number of carbonyl (C=O) groups is 3. The number of halogens is 3. The number of hydrogen-bond acceptors (Lipinski definition) is 5. The number of alkyl halides is 3. The largest absolute Gasteiger partial charge is 0.573 e. The van der Waals surface area contributed by atoms with Crippen molar-refractivity contribution in [1.82, 2.24) is 0 Å². The van der Waals surface area contributed by atoms with Crippen molar-refractivity contribution in [1.29, 1.82) is 0 Å². The van der Waals surface area contributed by atoms with Gasteiger partial charge in [0.05, 0.1) is 11.3 Å². The fourth-order valence-electron chi connectivity index (χ4n) is 2.70. The first-order valence-corrected chi connectivity index (χ1v) is 9.49. The molecule has 33 heavy (non-hydrogen) atoms. The van der Waals surface area contributed by atoms with E-state index in [1.807, 2.05) is 0 Å². The topological polar surface area (TPSA) is 93.7 Å². The van der Waals surface area contributed by atoms with Crippen molar-refractivity contribution in [2.24, 2.45) is 0 Å². The molecule has 3 rings (SSSR count). The van der Waals surface area contributed by atoms with Crippen LogP contribution in [0.1, 0.15) is 20.7 Å². The van der Waals surface area contributed by atoms with Crippen LogP contribution in [0, 0.1) is 0 Å². The molecule has 0 saturated heterocycles. The third kappa shape index (κ3) is 7.10. The van der Waals surface area contributed by atoms with Gasteiger partial charge < -0.3 is 20.1 Å². The molecule has 0 aromatic heterocycles. The summed E-state index contributed by atoms with van der Waals surface area (Å²) in [5, 5.41) is 5.01. The van der Waals surface area contributed by atoms with E-state index in [2.05, 4.69) is 15.4 Å². The second-order valence-electron chi connectivity index (χ2n) is 6.56. The van der Waals surface area contributed by atoms with E-state index in [9.17, 15) is 27.6 Å². The monoisotopic (exact) mass is 458 g/mol. The van der Waals surface area contributed by atoms with Crippen LogP contribution >= 0.6 is 0 Å². The van der Waals surface area contributed by atoms with E-state index in [4.69, 9.17) is 4.74 Å². The van der Waals surface area contributed by atoms with E-state index < -0.39 is 36.5 Å². The lowest BCUT2D eigenvalue weighted by Gasteiger charge is -2.12. The second-order valence-corrected chi connectivity index (χ2v) is 6.56. The van der Waals surface area contributed by atoms with Gasteiger partial charge in [0, 0.05) is 11.3 Å². The van der Waals surface area contributed by atoms with Gasteiger partial charge in [-0.05, 0) is 48.5 Å². The third-order valence-electron chi connectivity index (χ3n) is 4.14. The van der Waals surface area contributed by atoms with Gasteiger partial charge in [-0.3, -0.25) is 9.59 Å². The fourth-order valence-corrected chi connectivity index (χ4v) is 2.70. The van der Waals surface area contributed by atoms with Crippen molar-refractivity contribution < 1.29 is 37.0 Å². The smallest absolute Gasteiger partial charge is 0.452 e. The average molecular weight is 458 g/mol. The minimum absolute atomic E-state index is 0.0447. The normalized spacial score (nSPS) is 10.8. The average Bonchev–Trinajstić information content (AvgIpc) is 2.79. The zero-order valence-corrected chi connectivity index (χ0v) is 16.9. The molecule has 170 valence electrons. The maximum atomic E-state index is 12.4. The van der Waals surface area contributed by atoms with Crippen LogP contribution in [0.5, 0.6) is 5.75 Å². The highest BCUT2D eigenvalue weighted by atomic mass is 19.4. The Morgan fingerprint density at radius 1 is 0.788 bits per heavy atom. The van der Waals surface area contributed by atoms with Gasteiger partial charge in [-0.25, -0.2) is 4.79 Å². The van der Waals surface area contributed by atoms with Gasteiger partial charge in [0.1, 0.15) is 5.75 Å². The lowest BCUT2D eigenvalue weighted by molar-refractivity contribution is -0.274. The Balaban J connectivity index is 1.56. The summed E-state index contributed by atoms with van der Waals surface area (Å²) in [6.45, 7) is -0.652. The van der Waals surface area contributed by atoms with E-state index in [1.165, 1.54) is 24.3 Å². The standard InChI is InChI=1S/C23H17F3N2O5/c24-23(25,26)33-17-12-10-16(11-13-17)27-20(29)14-32-22(31)18-8-4-5-9-19(18)28-21(30)15-6-2-1-3-7-15/h1-13H,14H2,(H,27,29)(H,28,30). The summed E-state index contributed by atoms with van der Waals surface area (Å²) in [6.07, 6.45) is -4.82. The van der Waals surface area contributed by atoms with Gasteiger partial charge >= 0.3 is 12.3 Å². The van der Waals surface area contributed by atoms with E-state index in [0.717, 1.165) is 12.1 Å². The van der Waals surface area contributed by atoms with Crippen LogP contribution in [-0.2, 0) is 9.53 Å². The number of ether oxygens (including phenoxy) is 2. The van der Waals surface area contributed by atoms with Crippen LogP contribution < -0.4 is 15.4 Å². The minimum atomic E-state index is -4.82. The third-order valence-corrected chi connectivity index (χ3v) is 4.14. The van der Waals surface area contributed by atoms with Crippen molar-refractivity contribution in [3.8, 4) is 5.75 Å². The lowest BCUT2D eigenvalue weighted by Crippen LogP contribution is -2.22. The molecule has 0 bridgehead atoms. The molecule has 0 fully saturated rings. The van der Waals surface area contributed by atoms with E-state index >= 15 is 0 Å². The first-order chi connectivity index (χ1) is 15.7. The van der Waals surface area contributed by atoms with Crippen LogP contribution in [0.15, 0.2) is 78.9 Å². The molecule has 0 aliphatic rings. The molecule has 0 unspecified atom stereocenters. The Bertz CT molecular complexity index is 1130. The van der Waals surface area contributed by atoms with Crippen LogP contribution in [0.4, 0.5) is 24.5 Å². The molecule has 2 amide bonds. The van der Waals surface area contributed by atoms with Crippen molar-refractivity contribution in [3.05, 3.63) is 90.0 Å². The highest BCUT2D eigenvalue weighted by Gasteiger charge is 2.31. The Kier molecular flexibility index (Phi) is 7.29. The Morgan fingerprint density at radius 2 is 1.42 bits per heavy atom. The van der Waals surface area contributed by atoms with Gasteiger partial charge in [-0.2, -0.15) is 0 Å². The molecule has 10 heteroatoms. The van der Waals surface area contributed by atoms with Crippen molar-refractivity contribution in [3.63, 3.8) is 0 Å². The van der Waals surface area contributed by atoms with E-state index in [1.54, 1.807) is 42.5 Å². The number of esters is 1. The minimum Gasteiger partial charge on any atom is -0.452 e. The summed E-state index contributed by atoms with van der Waals surface area (Å²) in [4.78, 5) is 36.8. The summed E-state index contributed by atoms with van der Waals surface area (Å²) in [5.41, 5.74) is 0.827. The predicted octanol–water partition coefficient (Wildman–Crippen LogP) is 4.63. The number of para-hydroxylation sites is 1. The summed E-state index contributed by atoms with van der Waals surface area (Å²) >= 11 is 0. The molecule has 0 radical (unpaired) electrons. The van der Waals surface area contributed by atoms with Crippen LogP contribution in [0.2, 0.25) is 0 Å². The fraction of sp³-hybridized carbons (Fsp3) is 0.0870. The molecule has 0 aliphatic heterocycles. The van der Waals surface area contributed by atoms with Crippen molar-refractivity contribution >= 4 is 29.2 Å². The van der Waals surface area contributed by atoms with Crippen LogP contribution in [0.25, 0.3) is 0 Å². The molecule has 2 N–H and O–H groups in total. The summed E-state index contributed by atoms with van der Waals surface area (Å²) in [7, 11) is 0. The molecule has 7 nitrogen and oxygen atoms in total. The predicted molar refractivity (Wildman–Crippen MR) is 113 cm³/mol. The SMILES string of the molecule is O=C(COC(=O)c1ccccc1NC(=O)c1ccccc1)Nc1ccc(OC(F)(F)F)cc1. The van der Waals surface area contributed by atoms with E-state index in [0.29, 0.717) is 5.56 Å². The Morgan fingerprint density at radius 3 is 2.09 bits per heavy atom. The van der Waals surface area contributed by atoms with Crippen LogP contribution in [-0.4, -0.2) is 30.8 Å². The molecule has 0 atom stereocenters. The maximum Gasteiger partial charge on any atom is 0.573 e. The zero-order valence-electron chi connectivity index (χ0n) is 16.9. The molecule has 3 aromatic rings. The number of rotatable bonds is 7. The van der Waals surface area contributed by atoms with Crippen molar-refractivity contribution in [2.45, 2.75) is 6.36 Å². The first-order valence-electron chi connectivity index (χ1n) is 9.49. The molecule has 0 spiro atoms. The van der Waals surface area contributed by atoms with Gasteiger partial charge in [0.25, 0.3) is 11.8 Å². The lowest BCUT2D eigenvalue weighted by atomic mass is 10.1. The van der Waals surface area contributed by atoms with Gasteiger partial charge in [-0.1, -0.05) is 30.3 Å². The summed E-state index contributed by atoms with van der Waals surface area (Å²) in [5.74, 6) is -2.42. The summed E-state index contributed by atoms with van der Waals surface area (Å²) < 4.78 is 45.3. The zero-order chi connectivity index (χ0) is 23.8. The highest BCUT2D eigenvalue weighted by Crippen LogP contribution is 2.24. The molecular formula is C23H17F3N2O5. The summed E-state index contributed by atoms with van der Waals surface area (Å²) in [6, 6.07) is 19.0. The molecular weight excluding hydrogens is 441 g/mol. The number of amides is 2. The van der Waals surface area contributed by atoms with Gasteiger partial charge in [-0.15, -0.1) is 13.2 Å². The molecule has 3 aromatic carbocycles. The second kappa shape index (κ2) is 10.3. The number of hydrogen-bond donors (Lipinski definition) is 2. The van der Waals surface area contributed by atoms with Crippen molar-refractivity contribution in [2.75, 3.05) is 17.2 Å². The molecule has 0 saturated carbocycles. The Labute approximate surface area is 186 Å². The molecule has 0 aliphatic carbocycles. The number of anilines is 2. The maximum absolute atomic E-state index is 12.4. The van der Waals surface area contributed by atoms with E-state index in [-0.39, 0.29) is 16.9 Å². The van der Waals surface area contributed by atoms with Gasteiger partial charge in [0.15, 0.2) is 6.61 Å². The first kappa shape index (κ1) is 23.3.